The van der Waals surface area contributed by atoms with Crippen molar-refractivity contribution in [3.8, 4) is 0 Å². The zero-order chi connectivity index (χ0) is 10.6. The zero-order valence-corrected chi connectivity index (χ0v) is 8.33. The lowest BCUT2D eigenvalue weighted by molar-refractivity contribution is -0.124. The molecule has 0 spiro atoms. The van der Waals surface area contributed by atoms with Gasteiger partial charge in [0.25, 0.3) is 0 Å². The first-order valence-corrected chi connectivity index (χ1v) is 4.42. The summed E-state index contributed by atoms with van der Waals surface area (Å²) in [6, 6.07) is 5.93. The third-order valence-corrected chi connectivity index (χ3v) is 1.87. The van der Waals surface area contributed by atoms with Crippen molar-refractivity contribution in [2.45, 2.75) is 20.3 Å². The molecule has 0 saturated carbocycles. The van der Waals surface area contributed by atoms with Crippen molar-refractivity contribution >= 4 is 12.3 Å². The maximum Gasteiger partial charge on any atom is 0.230 e. The highest BCUT2D eigenvalue weighted by Gasteiger charge is 2.02. The first-order chi connectivity index (χ1) is 6.61. The third-order valence-electron chi connectivity index (χ3n) is 1.87. The molecular formula is C11H13NO2. The minimum absolute atomic E-state index is 0.251. The molecule has 0 aliphatic heterocycles. The average Bonchev–Trinajstić information content (AvgIpc) is 2.01. The highest BCUT2D eigenvalue weighted by atomic mass is 16.2. The van der Waals surface area contributed by atoms with E-state index in [0.29, 0.717) is 6.41 Å². The van der Waals surface area contributed by atoms with Crippen LogP contribution in [-0.2, 0) is 16.0 Å². The molecule has 1 aromatic carbocycles. The van der Waals surface area contributed by atoms with E-state index in [1.165, 1.54) is 0 Å². The van der Waals surface area contributed by atoms with Gasteiger partial charge in [-0.15, -0.1) is 0 Å². The van der Waals surface area contributed by atoms with Gasteiger partial charge in [-0.3, -0.25) is 14.9 Å². The van der Waals surface area contributed by atoms with Crippen LogP contribution in [-0.4, -0.2) is 12.3 Å². The first kappa shape index (κ1) is 10.4. The molecule has 1 aromatic rings. The van der Waals surface area contributed by atoms with E-state index in [-0.39, 0.29) is 12.3 Å². The largest absolute Gasteiger partial charge is 0.299 e. The smallest absolute Gasteiger partial charge is 0.230 e. The fourth-order valence-electron chi connectivity index (χ4n) is 1.47. The lowest BCUT2D eigenvalue weighted by atomic mass is 10.0. The topological polar surface area (TPSA) is 46.2 Å². The standard InChI is InChI=1S/C11H13NO2/c1-8-3-9(2)5-10(4-8)6-11(14)12-7-13/h3-5,7H,6H2,1-2H3,(H,12,13,14). The van der Waals surface area contributed by atoms with Crippen molar-refractivity contribution in [2.75, 3.05) is 0 Å². The maximum absolute atomic E-state index is 11.1. The molecule has 2 amide bonds. The number of amides is 2. The summed E-state index contributed by atoms with van der Waals surface area (Å²) in [7, 11) is 0. The number of hydrogen-bond acceptors (Lipinski definition) is 2. The van der Waals surface area contributed by atoms with Gasteiger partial charge in [0.1, 0.15) is 0 Å². The van der Waals surface area contributed by atoms with Gasteiger partial charge in [-0.25, -0.2) is 0 Å². The van der Waals surface area contributed by atoms with Crippen LogP contribution in [0.1, 0.15) is 16.7 Å². The van der Waals surface area contributed by atoms with E-state index in [2.05, 4.69) is 5.32 Å². The zero-order valence-electron chi connectivity index (χ0n) is 8.33. The highest BCUT2D eigenvalue weighted by Crippen LogP contribution is 2.09. The maximum atomic E-state index is 11.1. The average molecular weight is 191 g/mol. The second-order valence-corrected chi connectivity index (χ2v) is 3.36. The van der Waals surface area contributed by atoms with Gasteiger partial charge in [0.2, 0.25) is 12.3 Å². The molecule has 14 heavy (non-hydrogen) atoms. The molecular weight excluding hydrogens is 178 g/mol. The first-order valence-electron chi connectivity index (χ1n) is 4.42. The summed E-state index contributed by atoms with van der Waals surface area (Å²) in [6.45, 7) is 3.96. The highest BCUT2D eigenvalue weighted by molar-refractivity contribution is 5.87. The van der Waals surface area contributed by atoms with Gasteiger partial charge in [-0.2, -0.15) is 0 Å². The van der Waals surface area contributed by atoms with Crippen LogP contribution in [0.25, 0.3) is 0 Å². The van der Waals surface area contributed by atoms with E-state index in [1.807, 2.05) is 32.0 Å². The van der Waals surface area contributed by atoms with Crippen molar-refractivity contribution in [3.63, 3.8) is 0 Å². The van der Waals surface area contributed by atoms with Crippen molar-refractivity contribution in [1.82, 2.24) is 5.32 Å². The van der Waals surface area contributed by atoms with Crippen LogP contribution in [0, 0.1) is 13.8 Å². The summed E-state index contributed by atoms with van der Waals surface area (Å²) in [5, 5.41) is 2.11. The number of carbonyl (C=O) groups excluding carboxylic acids is 2. The molecule has 0 atom stereocenters. The number of carbonyl (C=O) groups is 2. The summed E-state index contributed by atoms with van der Waals surface area (Å²) in [4.78, 5) is 21.1. The van der Waals surface area contributed by atoms with Gasteiger partial charge in [0.15, 0.2) is 0 Å². The Morgan fingerprint density at radius 2 is 1.86 bits per heavy atom. The predicted octanol–water partition coefficient (Wildman–Crippen LogP) is 1.12. The summed E-state index contributed by atoms with van der Waals surface area (Å²) < 4.78 is 0. The van der Waals surface area contributed by atoms with E-state index < -0.39 is 0 Å². The van der Waals surface area contributed by atoms with E-state index in [4.69, 9.17) is 0 Å². The Morgan fingerprint density at radius 3 is 2.36 bits per heavy atom. The molecule has 0 bridgehead atoms. The van der Waals surface area contributed by atoms with Gasteiger partial charge in [0, 0.05) is 0 Å². The third kappa shape index (κ3) is 3.01. The quantitative estimate of drug-likeness (QED) is 0.728. The van der Waals surface area contributed by atoms with Crippen LogP contribution in [0.5, 0.6) is 0 Å². The molecule has 3 nitrogen and oxygen atoms in total. The van der Waals surface area contributed by atoms with Crippen LogP contribution in [0.3, 0.4) is 0 Å². The lowest BCUT2D eigenvalue weighted by Gasteiger charge is -2.03. The normalized spacial score (nSPS) is 9.57. The molecule has 74 valence electrons. The van der Waals surface area contributed by atoms with Crippen LogP contribution in [0.4, 0.5) is 0 Å². The van der Waals surface area contributed by atoms with Gasteiger partial charge in [-0.05, 0) is 19.4 Å². The van der Waals surface area contributed by atoms with E-state index in [9.17, 15) is 9.59 Å². The number of nitrogens with one attached hydrogen (secondary N) is 1. The molecule has 1 rings (SSSR count). The Kier molecular flexibility index (Phi) is 3.40. The summed E-state index contributed by atoms with van der Waals surface area (Å²) >= 11 is 0. The van der Waals surface area contributed by atoms with Gasteiger partial charge >= 0.3 is 0 Å². The fourth-order valence-corrected chi connectivity index (χ4v) is 1.47. The van der Waals surface area contributed by atoms with Crippen molar-refractivity contribution in [1.29, 1.82) is 0 Å². The molecule has 0 aliphatic carbocycles. The summed E-state index contributed by atoms with van der Waals surface area (Å²) in [5.74, 6) is -0.273. The molecule has 0 radical (unpaired) electrons. The molecule has 0 saturated heterocycles. The number of hydrogen-bond donors (Lipinski definition) is 1. The van der Waals surface area contributed by atoms with Crippen LogP contribution in [0.15, 0.2) is 18.2 Å². The molecule has 3 heteroatoms. The number of aryl methyl sites for hydroxylation is 2. The second-order valence-electron chi connectivity index (χ2n) is 3.36. The van der Waals surface area contributed by atoms with Crippen LogP contribution < -0.4 is 5.32 Å². The molecule has 0 unspecified atom stereocenters. The van der Waals surface area contributed by atoms with Gasteiger partial charge in [0.05, 0.1) is 6.42 Å². The van der Waals surface area contributed by atoms with Crippen molar-refractivity contribution in [3.05, 3.63) is 34.9 Å². The molecule has 0 heterocycles. The monoisotopic (exact) mass is 191 g/mol. The number of rotatable bonds is 3. The van der Waals surface area contributed by atoms with Crippen LogP contribution >= 0.6 is 0 Å². The molecule has 0 aromatic heterocycles. The molecule has 0 fully saturated rings. The number of imide groups is 1. The van der Waals surface area contributed by atoms with Gasteiger partial charge < -0.3 is 0 Å². The van der Waals surface area contributed by atoms with Crippen LogP contribution in [0.2, 0.25) is 0 Å². The minimum atomic E-state index is -0.273. The Balaban J connectivity index is 2.76. The SMILES string of the molecule is Cc1cc(C)cc(CC(=O)NC=O)c1. The van der Waals surface area contributed by atoms with Crippen molar-refractivity contribution < 1.29 is 9.59 Å². The Bertz CT molecular complexity index is 338. The van der Waals surface area contributed by atoms with E-state index >= 15 is 0 Å². The van der Waals surface area contributed by atoms with E-state index in [1.54, 1.807) is 0 Å². The predicted molar refractivity (Wildman–Crippen MR) is 53.8 cm³/mol. The molecule has 1 N–H and O–H groups in total. The Morgan fingerprint density at radius 1 is 1.29 bits per heavy atom. The second kappa shape index (κ2) is 4.56. The number of benzene rings is 1. The Labute approximate surface area is 83.1 Å². The summed E-state index contributed by atoms with van der Waals surface area (Å²) in [6.07, 6.45) is 0.659. The van der Waals surface area contributed by atoms with Crippen molar-refractivity contribution in [2.24, 2.45) is 0 Å². The Hall–Kier alpha value is -1.64. The minimum Gasteiger partial charge on any atom is -0.299 e. The van der Waals surface area contributed by atoms with Gasteiger partial charge in [-0.1, -0.05) is 29.3 Å². The summed E-state index contributed by atoms with van der Waals surface area (Å²) in [5.41, 5.74) is 3.18. The van der Waals surface area contributed by atoms with E-state index in [0.717, 1.165) is 16.7 Å². The lowest BCUT2D eigenvalue weighted by Crippen LogP contribution is -2.23. The fraction of sp³-hybridized carbons (Fsp3) is 0.273. The molecule has 0 aliphatic rings.